The lowest BCUT2D eigenvalue weighted by atomic mass is 9.98. The number of hydrogen-bond acceptors (Lipinski definition) is 9. The lowest BCUT2D eigenvalue weighted by Gasteiger charge is -2.36. The van der Waals surface area contributed by atoms with Crippen molar-refractivity contribution in [3.8, 4) is 0 Å². The predicted octanol–water partition coefficient (Wildman–Crippen LogP) is 1.45. The first-order chi connectivity index (χ1) is 19.1. The Labute approximate surface area is 232 Å². The van der Waals surface area contributed by atoms with E-state index in [1.54, 1.807) is 49.8 Å². The standard InChI is InChI=1S/C28H36N10O2/c1-5-6-7-8-21(29)23-31-25-22-24(32-26(30)38(25)33-23)37(27(39)34(22)4)18-15-35-13-16-36(17-14-35)20-11-9-19(10-12-20)28(2,3)40/h5-12,40H,1,13-18,29H2,2-4H3,(H2,30,32)/b7-6-,21-8-. The van der Waals surface area contributed by atoms with Crippen LogP contribution < -0.4 is 22.1 Å². The molecule has 1 aliphatic rings. The van der Waals surface area contributed by atoms with Crippen LogP contribution in [0.25, 0.3) is 22.5 Å². The van der Waals surface area contributed by atoms with Gasteiger partial charge in [0, 0.05) is 52.0 Å². The van der Waals surface area contributed by atoms with E-state index < -0.39 is 5.60 Å². The number of fused-ring (bicyclic) bond motifs is 3. The molecule has 5 rings (SSSR count). The number of imidazole rings is 1. The number of nitrogen functional groups attached to an aromatic ring is 1. The van der Waals surface area contributed by atoms with Gasteiger partial charge in [-0.05, 0) is 37.6 Å². The average molecular weight is 545 g/mol. The van der Waals surface area contributed by atoms with Gasteiger partial charge in [0.2, 0.25) is 5.95 Å². The van der Waals surface area contributed by atoms with E-state index in [2.05, 4.69) is 43.6 Å². The summed E-state index contributed by atoms with van der Waals surface area (Å²) in [5.41, 5.74) is 15.2. The molecule has 1 saturated heterocycles. The SMILES string of the molecule is C=C/C=C\C=C(/N)c1nc2c3c(nc(N)n2n1)n(CCN1CCN(c2ccc(C(C)(C)O)cc2)CC1)c(=O)n3C. The second-order valence-corrected chi connectivity index (χ2v) is 10.5. The number of anilines is 2. The Kier molecular flexibility index (Phi) is 7.21. The topological polar surface area (TPSA) is 149 Å². The summed E-state index contributed by atoms with van der Waals surface area (Å²) in [6.45, 7) is 11.9. The predicted molar refractivity (Wildman–Crippen MR) is 158 cm³/mol. The molecule has 210 valence electrons. The fraction of sp³-hybridized carbons (Fsp3) is 0.357. The van der Waals surface area contributed by atoms with Gasteiger partial charge >= 0.3 is 5.69 Å². The van der Waals surface area contributed by atoms with Gasteiger partial charge in [0.05, 0.1) is 11.3 Å². The van der Waals surface area contributed by atoms with Crippen LogP contribution in [-0.2, 0) is 19.2 Å². The van der Waals surface area contributed by atoms with Gasteiger partial charge in [-0.3, -0.25) is 14.0 Å². The third kappa shape index (κ3) is 5.10. The first kappa shape index (κ1) is 27.2. The number of nitrogens with two attached hydrogens (primary N) is 2. The number of nitrogens with zero attached hydrogens (tertiary/aromatic N) is 8. The van der Waals surface area contributed by atoms with Gasteiger partial charge < -0.3 is 21.5 Å². The van der Waals surface area contributed by atoms with E-state index in [-0.39, 0.29) is 11.6 Å². The quantitative estimate of drug-likeness (QED) is 0.280. The highest BCUT2D eigenvalue weighted by Crippen LogP contribution is 2.24. The third-order valence-corrected chi connectivity index (χ3v) is 7.31. The van der Waals surface area contributed by atoms with E-state index in [0.717, 1.165) is 37.4 Å². The number of benzene rings is 1. The number of aryl methyl sites for hydroxylation is 1. The van der Waals surface area contributed by atoms with Crippen LogP contribution in [0.1, 0.15) is 25.2 Å². The third-order valence-electron chi connectivity index (χ3n) is 7.31. The molecule has 0 aliphatic carbocycles. The summed E-state index contributed by atoms with van der Waals surface area (Å²) >= 11 is 0. The van der Waals surface area contributed by atoms with E-state index in [1.807, 2.05) is 12.1 Å². The Hall–Kier alpha value is -4.42. The molecule has 0 saturated carbocycles. The van der Waals surface area contributed by atoms with E-state index >= 15 is 0 Å². The van der Waals surface area contributed by atoms with Crippen molar-refractivity contribution in [2.45, 2.75) is 26.0 Å². The van der Waals surface area contributed by atoms with Gasteiger partial charge in [-0.2, -0.15) is 9.50 Å². The largest absolute Gasteiger partial charge is 0.396 e. The lowest BCUT2D eigenvalue weighted by molar-refractivity contribution is 0.0786. The van der Waals surface area contributed by atoms with Gasteiger partial charge in [-0.1, -0.05) is 36.9 Å². The van der Waals surface area contributed by atoms with Gasteiger partial charge in [0.15, 0.2) is 17.1 Å². The van der Waals surface area contributed by atoms with Crippen LogP contribution in [0, 0.1) is 0 Å². The Bertz CT molecular complexity index is 1660. The van der Waals surface area contributed by atoms with Gasteiger partial charge in [0.25, 0.3) is 0 Å². The molecule has 4 heterocycles. The number of allylic oxidation sites excluding steroid dienone is 4. The molecule has 1 aromatic carbocycles. The van der Waals surface area contributed by atoms with Crippen molar-refractivity contribution in [2.75, 3.05) is 43.4 Å². The minimum atomic E-state index is -0.855. The smallest absolute Gasteiger partial charge is 0.330 e. The molecule has 0 unspecified atom stereocenters. The molecule has 1 aliphatic heterocycles. The summed E-state index contributed by atoms with van der Waals surface area (Å²) in [5, 5.41) is 14.6. The zero-order valence-electron chi connectivity index (χ0n) is 23.2. The summed E-state index contributed by atoms with van der Waals surface area (Å²) in [6, 6.07) is 8.08. The molecule has 3 aromatic heterocycles. The van der Waals surface area contributed by atoms with Crippen LogP contribution in [0.2, 0.25) is 0 Å². The van der Waals surface area contributed by atoms with E-state index in [1.165, 1.54) is 9.08 Å². The molecule has 0 atom stereocenters. The maximum Gasteiger partial charge on any atom is 0.330 e. The van der Waals surface area contributed by atoms with Crippen LogP contribution in [-0.4, -0.2) is 71.4 Å². The van der Waals surface area contributed by atoms with Crippen LogP contribution in [0.4, 0.5) is 11.6 Å². The highest BCUT2D eigenvalue weighted by molar-refractivity contribution is 5.88. The average Bonchev–Trinajstić information content (AvgIpc) is 3.48. The molecule has 12 nitrogen and oxygen atoms in total. The number of aliphatic hydroxyl groups is 1. The molecule has 12 heteroatoms. The summed E-state index contributed by atoms with van der Waals surface area (Å²) in [5.74, 6) is 0.418. The van der Waals surface area contributed by atoms with Crippen LogP contribution >= 0.6 is 0 Å². The monoisotopic (exact) mass is 544 g/mol. The Morgan fingerprint density at radius 2 is 1.77 bits per heavy atom. The number of piperazine rings is 1. The highest BCUT2D eigenvalue weighted by Gasteiger charge is 2.23. The molecule has 40 heavy (non-hydrogen) atoms. The zero-order valence-corrected chi connectivity index (χ0v) is 23.2. The van der Waals surface area contributed by atoms with Crippen molar-refractivity contribution in [1.82, 2.24) is 33.6 Å². The zero-order chi connectivity index (χ0) is 28.6. The fourth-order valence-corrected chi connectivity index (χ4v) is 4.98. The minimum absolute atomic E-state index is 0.124. The molecule has 0 amide bonds. The number of hydrogen-bond donors (Lipinski definition) is 3. The first-order valence-electron chi connectivity index (χ1n) is 13.3. The Balaban J connectivity index is 1.32. The van der Waals surface area contributed by atoms with Crippen molar-refractivity contribution in [2.24, 2.45) is 12.8 Å². The van der Waals surface area contributed by atoms with Gasteiger partial charge in [-0.15, -0.1) is 5.10 Å². The summed E-state index contributed by atoms with van der Waals surface area (Å²) < 4.78 is 4.59. The molecule has 0 bridgehead atoms. The van der Waals surface area contributed by atoms with Crippen LogP contribution in [0.5, 0.6) is 0 Å². The molecule has 5 N–H and O–H groups in total. The van der Waals surface area contributed by atoms with E-state index in [4.69, 9.17) is 11.5 Å². The Morgan fingerprint density at radius 3 is 2.42 bits per heavy atom. The van der Waals surface area contributed by atoms with Crippen LogP contribution in [0.3, 0.4) is 0 Å². The van der Waals surface area contributed by atoms with Crippen molar-refractivity contribution >= 4 is 34.1 Å². The number of rotatable bonds is 8. The van der Waals surface area contributed by atoms with Crippen LogP contribution in [0.15, 0.2) is 59.9 Å². The molecular weight excluding hydrogens is 508 g/mol. The molecule has 0 radical (unpaired) electrons. The number of aromatic nitrogens is 6. The van der Waals surface area contributed by atoms with Crippen molar-refractivity contribution < 1.29 is 5.11 Å². The van der Waals surface area contributed by atoms with E-state index in [0.29, 0.717) is 41.4 Å². The Morgan fingerprint density at radius 1 is 1.07 bits per heavy atom. The van der Waals surface area contributed by atoms with Crippen molar-refractivity contribution in [3.05, 3.63) is 77.0 Å². The normalized spacial score (nSPS) is 15.6. The first-order valence-corrected chi connectivity index (χ1v) is 13.3. The molecular formula is C28H36N10O2. The molecule has 4 aromatic rings. The maximum absolute atomic E-state index is 13.3. The van der Waals surface area contributed by atoms with Gasteiger partial charge in [0.1, 0.15) is 5.52 Å². The second kappa shape index (κ2) is 10.6. The highest BCUT2D eigenvalue weighted by atomic mass is 16.3. The van der Waals surface area contributed by atoms with E-state index in [9.17, 15) is 9.90 Å². The summed E-state index contributed by atoms with van der Waals surface area (Å²) in [4.78, 5) is 27.0. The minimum Gasteiger partial charge on any atom is -0.396 e. The van der Waals surface area contributed by atoms with Crippen molar-refractivity contribution in [3.63, 3.8) is 0 Å². The maximum atomic E-state index is 13.3. The van der Waals surface area contributed by atoms with Crippen molar-refractivity contribution in [1.29, 1.82) is 0 Å². The molecule has 1 fully saturated rings. The lowest BCUT2D eigenvalue weighted by Crippen LogP contribution is -2.47. The van der Waals surface area contributed by atoms with Gasteiger partial charge in [-0.25, -0.2) is 9.78 Å². The molecule has 0 spiro atoms. The summed E-state index contributed by atoms with van der Waals surface area (Å²) in [6.07, 6.45) is 6.80. The second-order valence-electron chi connectivity index (χ2n) is 10.5. The summed E-state index contributed by atoms with van der Waals surface area (Å²) in [7, 11) is 1.70. The fourth-order valence-electron chi connectivity index (χ4n) is 4.98.